The predicted octanol–water partition coefficient (Wildman–Crippen LogP) is 23.2. The van der Waals surface area contributed by atoms with Gasteiger partial charge in [0.2, 0.25) is 0 Å². The van der Waals surface area contributed by atoms with Crippen LogP contribution in [0.5, 0.6) is 0 Å². The van der Waals surface area contributed by atoms with Gasteiger partial charge in [-0.05, 0) is 138 Å². The summed E-state index contributed by atoms with van der Waals surface area (Å²) in [5, 5.41) is 11.9. The zero-order valence-corrected chi connectivity index (χ0v) is 46.8. The second-order valence-corrected chi connectivity index (χ2v) is 23.1. The van der Waals surface area contributed by atoms with Crippen LogP contribution < -0.4 is 9.80 Å². The average Bonchev–Trinajstić information content (AvgIpc) is 4.20. The minimum atomic E-state index is 0.182. The quantitative estimate of drug-likeness (QED) is 0.114. The molecular weight excluding hydrogens is 973 g/mol. The molecule has 0 unspecified atom stereocenters. The van der Waals surface area contributed by atoms with Crippen molar-refractivity contribution in [1.29, 1.82) is 0 Å². The number of anilines is 6. The Labute approximate surface area is 468 Å². The van der Waals surface area contributed by atoms with Crippen molar-refractivity contribution in [2.75, 3.05) is 9.80 Å². The second kappa shape index (κ2) is 19.4. The normalized spacial score (nSPS) is 12.2. The Morgan fingerprint density at radius 2 is 0.625 bits per heavy atom. The summed E-state index contributed by atoms with van der Waals surface area (Å²) >= 11 is 0. The highest BCUT2D eigenvalue weighted by molar-refractivity contribution is 6.30. The van der Waals surface area contributed by atoms with E-state index in [4.69, 9.17) is 8.83 Å². The largest absolute Gasteiger partial charge is 0.454 e. The monoisotopic (exact) mass is 1040 g/mol. The molecule has 0 saturated carbocycles. The number of nitrogens with zero attached hydrogens (tertiary/aromatic N) is 2. The first-order valence-electron chi connectivity index (χ1n) is 28.6. The number of para-hydroxylation sites is 2. The summed E-state index contributed by atoms with van der Waals surface area (Å²) in [6.45, 7) is 18.6. The molecule has 0 aliphatic heterocycles. The molecule has 80 heavy (non-hydrogen) atoms. The van der Waals surface area contributed by atoms with Gasteiger partial charge in [0, 0.05) is 43.7 Å². The fourth-order valence-corrected chi connectivity index (χ4v) is 13.0. The van der Waals surface area contributed by atoms with Crippen LogP contribution in [0.25, 0.3) is 98.4 Å². The molecule has 0 fully saturated rings. The maximum absolute atomic E-state index is 7.14. The van der Waals surface area contributed by atoms with Crippen LogP contribution >= 0.6 is 0 Å². The third kappa shape index (κ3) is 7.87. The van der Waals surface area contributed by atoms with Crippen LogP contribution in [0.3, 0.4) is 0 Å². The molecule has 0 N–H and O–H groups in total. The molecule has 0 amide bonds. The van der Waals surface area contributed by atoms with E-state index in [0.717, 1.165) is 89.1 Å². The standard InChI is InChI=1S/C76H64N2O2/c1-45(2)55-33-37-61-57-29-15-17-31-69(57)79-75(61)73(55)77(53-27-19-25-51(41-53)49-21-11-9-12-22-49)67-43-65(47(5)6)59-36-40-64-68(44-66(48(7)8)60-35-39-63(67)71(59)72(60)64)78(54-28-20-26-52(42-54)50-23-13-10-14-24-50)74-56(46(3)4)34-38-62-58-30-16-18-32-70(58)80-76(62)74/h9-48H,1-8H3. The van der Waals surface area contributed by atoms with Gasteiger partial charge in [-0.15, -0.1) is 0 Å². The lowest BCUT2D eigenvalue weighted by molar-refractivity contribution is 0.667. The Balaban J connectivity index is 1.13. The molecule has 12 aromatic carbocycles. The number of furan rings is 2. The molecule has 4 nitrogen and oxygen atoms in total. The molecule has 14 aromatic rings. The Kier molecular flexibility index (Phi) is 11.9. The van der Waals surface area contributed by atoms with Crippen molar-refractivity contribution in [3.05, 3.63) is 241 Å². The highest BCUT2D eigenvalue weighted by Gasteiger charge is 2.31. The van der Waals surface area contributed by atoms with Crippen molar-refractivity contribution in [3.63, 3.8) is 0 Å². The van der Waals surface area contributed by atoms with Crippen LogP contribution in [0, 0.1) is 0 Å². The second-order valence-electron chi connectivity index (χ2n) is 23.1. The van der Waals surface area contributed by atoms with E-state index in [0.29, 0.717) is 0 Å². The zero-order valence-electron chi connectivity index (χ0n) is 46.8. The van der Waals surface area contributed by atoms with E-state index in [1.54, 1.807) is 0 Å². The van der Waals surface area contributed by atoms with Crippen LogP contribution in [-0.4, -0.2) is 0 Å². The van der Waals surface area contributed by atoms with Crippen molar-refractivity contribution in [2.45, 2.75) is 79.1 Å². The molecule has 0 saturated heterocycles. The Hall–Kier alpha value is -9.12. The number of rotatable bonds is 12. The molecule has 2 heterocycles. The van der Waals surface area contributed by atoms with Gasteiger partial charge in [0.15, 0.2) is 11.2 Å². The zero-order chi connectivity index (χ0) is 54.5. The molecule has 14 rings (SSSR count). The fraction of sp³-hybridized carbons (Fsp3) is 0.158. The van der Waals surface area contributed by atoms with Crippen molar-refractivity contribution < 1.29 is 8.83 Å². The predicted molar refractivity (Wildman–Crippen MR) is 341 cm³/mol. The third-order valence-corrected chi connectivity index (χ3v) is 16.9. The van der Waals surface area contributed by atoms with Gasteiger partial charge >= 0.3 is 0 Å². The Morgan fingerprint density at radius 1 is 0.275 bits per heavy atom. The Morgan fingerprint density at radius 3 is 1.02 bits per heavy atom. The lowest BCUT2D eigenvalue weighted by Gasteiger charge is -2.33. The SMILES string of the molecule is CC(C)c1ccc2c(oc3ccccc32)c1N(c1cccc(-c2ccccc2)c1)c1cc(C(C)C)c2ccc3c(N(c4cccc(-c5ccccc5)c4)c4c(C(C)C)ccc5c4oc4ccccc45)cc(C(C)C)c4ccc1c2c43. The van der Waals surface area contributed by atoms with Crippen LogP contribution in [0.2, 0.25) is 0 Å². The van der Waals surface area contributed by atoms with Gasteiger partial charge < -0.3 is 18.6 Å². The molecule has 0 aliphatic carbocycles. The minimum Gasteiger partial charge on any atom is -0.454 e. The van der Waals surface area contributed by atoms with Gasteiger partial charge in [0.05, 0.1) is 22.7 Å². The minimum absolute atomic E-state index is 0.182. The lowest BCUT2D eigenvalue weighted by atomic mass is 9.83. The average molecular weight is 1040 g/mol. The van der Waals surface area contributed by atoms with Gasteiger partial charge in [-0.1, -0.05) is 225 Å². The molecule has 390 valence electrons. The number of hydrogen-bond donors (Lipinski definition) is 0. The summed E-state index contributed by atoms with van der Waals surface area (Å²) in [6.07, 6.45) is 0. The molecule has 2 aromatic heterocycles. The summed E-state index contributed by atoms with van der Waals surface area (Å²) in [5.41, 5.74) is 19.7. The van der Waals surface area contributed by atoms with Gasteiger partial charge in [-0.2, -0.15) is 0 Å². The van der Waals surface area contributed by atoms with Crippen LogP contribution in [-0.2, 0) is 0 Å². The molecule has 0 spiro atoms. The molecular formula is C76H64N2O2. The van der Waals surface area contributed by atoms with E-state index >= 15 is 0 Å². The number of hydrogen-bond acceptors (Lipinski definition) is 4. The summed E-state index contributed by atoms with van der Waals surface area (Å²) in [7, 11) is 0. The first-order chi connectivity index (χ1) is 39.0. The Bertz CT molecular complexity index is 4370. The van der Waals surface area contributed by atoms with Crippen molar-refractivity contribution in [1.82, 2.24) is 0 Å². The van der Waals surface area contributed by atoms with E-state index < -0.39 is 0 Å². The van der Waals surface area contributed by atoms with Crippen LogP contribution in [0.15, 0.2) is 227 Å². The highest BCUT2D eigenvalue weighted by Crippen LogP contribution is 2.55. The third-order valence-electron chi connectivity index (χ3n) is 16.9. The summed E-state index contributed by atoms with van der Waals surface area (Å²) in [6, 6.07) is 80.6. The highest BCUT2D eigenvalue weighted by atomic mass is 16.3. The first kappa shape index (κ1) is 49.2. The van der Waals surface area contributed by atoms with E-state index in [9.17, 15) is 0 Å². The van der Waals surface area contributed by atoms with Gasteiger partial charge in [0.25, 0.3) is 0 Å². The topological polar surface area (TPSA) is 32.8 Å². The number of benzene rings is 12. The van der Waals surface area contributed by atoms with E-state index in [2.05, 4.69) is 284 Å². The van der Waals surface area contributed by atoms with Crippen molar-refractivity contribution in [2.24, 2.45) is 0 Å². The molecule has 0 atom stereocenters. The number of fused-ring (bicyclic) bond motifs is 6. The molecule has 0 radical (unpaired) electrons. The smallest absolute Gasteiger partial charge is 0.159 e. The van der Waals surface area contributed by atoms with Crippen molar-refractivity contribution >= 4 is 110 Å². The molecule has 4 heteroatoms. The van der Waals surface area contributed by atoms with Gasteiger partial charge in [0.1, 0.15) is 11.2 Å². The summed E-state index contributed by atoms with van der Waals surface area (Å²) in [5.74, 6) is 0.758. The van der Waals surface area contributed by atoms with Crippen LogP contribution in [0.4, 0.5) is 34.1 Å². The van der Waals surface area contributed by atoms with Crippen LogP contribution in [0.1, 0.15) is 101 Å². The first-order valence-corrected chi connectivity index (χ1v) is 28.6. The lowest BCUT2D eigenvalue weighted by Crippen LogP contribution is -2.15. The van der Waals surface area contributed by atoms with E-state index in [-0.39, 0.29) is 23.7 Å². The fourth-order valence-electron chi connectivity index (χ4n) is 13.0. The summed E-state index contributed by atoms with van der Waals surface area (Å²) < 4.78 is 14.3. The van der Waals surface area contributed by atoms with E-state index in [1.165, 1.54) is 65.7 Å². The maximum atomic E-state index is 7.14. The van der Waals surface area contributed by atoms with Crippen molar-refractivity contribution in [3.8, 4) is 22.3 Å². The van der Waals surface area contributed by atoms with Gasteiger partial charge in [-0.25, -0.2) is 0 Å². The van der Waals surface area contributed by atoms with Gasteiger partial charge in [-0.3, -0.25) is 0 Å². The van der Waals surface area contributed by atoms with E-state index in [1.807, 2.05) is 0 Å². The maximum Gasteiger partial charge on any atom is 0.159 e. The molecule has 0 aliphatic rings. The summed E-state index contributed by atoms with van der Waals surface area (Å²) in [4.78, 5) is 5.10. The molecule has 0 bridgehead atoms.